The second-order valence-electron chi connectivity index (χ2n) is 4.99. The molecule has 10 nitrogen and oxygen atoms in total. The van der Waals surface area contributed by atoms with Crippen LogP contribution < -0.4 is 10.8 Å². The van der Waals surface area contributed by atoms with Gasteiger partial charge in [-0.05, 0) is 54.1 Å². The lowest BCUT2D eigenvalue weighted by Gasteiger charge is -2.07. The number of anilines is 1. The number of hydrogen-bond donors (Lipinski definition) is 4. The minimum absolute atomic E-state index is 0.0741. The smallest absolute Gasteiger partial charge is 0.213 e. The summed E-state index contributed by atoms with van der Waals surface area (Å²) in [6, 6.07) is 4.05. The molecule has 26 heavy (non-hydrogen) atoms. The number of amidine groups is 1. The number of halogens is 2. The van der Waals surface area contributed by atoms with E-state index in [2.05, 4.69) is 45.5 Å². The van der Waals surface area contributed by atoms with Crippen LogP contribution in [-0.4, -0.2) is 39.9 Å². The minimum Gasteiger partial charge on any atom is -0.364 e. The molecule has 0 aliphatic carbocycles. The van der Waals surface area contributed by atoms with E-state index in [1.165, 1.54) is 18.2 Å². The average molecular weight is 445 g/mol. The molecule has 1 heterocycles. The summed E-state index contributed by atoms with van der Waals surface area (Å²) in [7, 11) is -2.14. The molecule has 138 valence electrons. The Morgan fingerprint density at radius 3 is 2.96 bits per heavy atom. The first-order valence-electron chi connectivity index (χ1n) is 6.98. The summed E-state index contributed by atoms with van der Waals surface area (Å²) in [5.41, 5.74) is 2.34. The van der Waals surface area contributed by atoms with Crippen molar-refractivity contribution in [1.29, 1.82) is 10.0 Å². The van der Waals surface area contributed by atoms with Crippen LogP contribution in [0.25, 0.3) is 0 Å². The van der Waals surface area contributed by atoms with Crippen molar-refractivity contribution in [2.75, 3.05) is 23.9 Å². The number of aromatic nitrogens is 2. The zero-order chi connectivity index (χ0) is 19.2. The lowest BCUT2D eigenvalue weighted by Crippen LogP contribution is -2.23. The molecule has 1 aromatic heterocycles. The molecule has 2 rings (SSSR count). The van der Waals surface area contributed by atoms with Crippen molar-refractivity contribution in [2.24, 2.45) is 9.36 Å². The molecule has 1 atom stereocenters. The first-order chi connectivity index (χ1) is 12.4. The van der Waals surface area contributed by atoms with Crippen LogP contribution >= 0.6 is 15.9 Å². The van der Waals surface area contributed by atoms with Crippen LogP contribution in [0.2, 0.25) is 0 Å². The maximum absolute atomic E-state index is 13.3. The fourth-order valence-corrected chi connectivity index (χ4v) is 2.92. The molecule has 0 amide bonds. The van der Waals surface area contributed by atoms with E-state index >= 15 is 0 Å². The maximum Gasteiger partial charge on any atom is 0.213 e. The van der Waals surface area contributed by atoms with Gasteiger partial charge < -0.3 is 5.32 Å². The predicted octanol–water partition coefficient (Wildman–Crippen LogP) is 2.65. The molecule has 0 aliphatic heterocycles. The van der Waals surface area contributed by atoms with Crippen molar-refractivity contribution in [3.8, 4) is 6.19 Å². The Balaban J connectivity index is 2.20. The van der Waals surface area contributed by atoms with E-state index < -0.39 is 15.4 Å². The summed E-state index contributed by atoms with van der Waals surface area (Å²) in [5, 5.41) is 28.2. The van der Waals surface area contributed by atoms with Gasteiger partial charge in [0.1, 0.15) is 5.82 Å². The Morgan fingerprint density at radius 2 is 2.31 bits per heavy atom. The summed E-state index contributed by atoms with van der Waals surface area (Å²) in [5.74, 6) is -0.0400. The topological polar surface area (TPSA) is 156 Å². The second kappa shape index (κ2) is 8.70. The van der Waals surface area contributed by atoms with E-state index in [9.17, 15) is 9.60 Å². The standard InChI is InChI=1S/C13H14BrFN8O2S/c1-26(17,19-7-16)5-4-18-12-11(22-25-23-12)13(21-24)20-8-2-3-10(15)9(14)6-8/h2-3,6,17,24H,4-5H2,1H3,(H,18,23)(H,20,21). The SMILES string of the molecule is CS(=N)(CCNc1nonc1C(=Nc1ccc(F)c(Br)c1)NO)=NC#N. The Labute approximate surface area is 156 Å². The summed E-state index contributed by atoms with van der Waals surface area (Å²) in [6.45, 7) is 0.280. The third-order valence-electron chi connectivity index (χ3n) is 3.00. The molecular formula is C13H14BrFN8O2S. The van der Waals surface area contributed by atoms with Crippen molar-refractivity contribution in [1.82, 2.24) is 15.8 Å². The molecule has 4 N–H and O–H groups in total. The van der Waals surface area contributed by atoms with E-state index in [4.69, 9.17) is 10.0 Å². The number of rotatable bonds is 6. The largest absolute Gasteiger partial charge is 0.364 e. The number of hydroxylamine groups is 1. The summed E-state index contributed by atoms with van der Waals surface area (Å²) < 4.78 is 29.6. The quantitative estimate of drug-likeness (QED) is 0.231. The lowest BCUT2D eigenvalue weighted by atomic mass is 10.3. The zero-order valence-corrected chi connectivity index (χ0v) is 15.8. The van der Waals surface area contributed by atoms with E-state index in [0.29, 0.717) is 11.4 Å². The first-order valence-corrected chi connectivity index (χ1v) is 9.94. The van der Waals surface area contributed by atoms with E-state index in [1.54, 1.807) is 12.4 Å². The van der Waals surface area contributed by atoms with Gasteiger partial charge in [-0.25, -0.2) is 14.0 Å². The zero-order valence-electron chi connectivity index (χ0n) is 13.4. The van der Waals surface area contributed by atoms with Crippen molar-refractivity contribution < 1.29 is 14.2 Å². The number of nitrogens with one attached hydrogen (secondary N) is 3. The summed E-state index contributed by atoms with van der Waals surface area (Å²) in [6.07, 6.45) is 3.21. The molecule has 2 aromatic rings. The molecule has 0 aliphatic rings. The van der Waals surface area contributed by atoms with Crippen LogP contribution in [0.3, 0.4) is 0 Å². The van der Waals surface area contributed by atoms with Gasteiger partial charge in [0.25, 0.3) is 0 Å². The number of nitrogens with zero attached hydrogens (tertiary/aromatic N) is 5. The predicted molar refractivity (Wildman–Crippen MR) is 96.9 cm³/mol. The Hall–Kier alpha value is -2.56. The number of aliphatic imine (C=N–C) groups is 1. The average Bonchev–Trinajstić information content (AvgIpc) is 3.04. The van der Waals surface area contributed by atoms with Crippen LogP contribution in [0.1, 0.15) is 5.69 Å². The molecule has 0 saturated carbocycles. The van der Waals surface area contributed by atoms with Gasteiger partial charge in [-0.2, -0.15) is 5.26 Å². The molecule has 0 spiro atoms. The van der Waals surface area contributed by atoms with Gasteiger partial charge in [0.15, 0.2) is 11.5 Å². The van der Waals surface area contributed by atoms with Gasteiger partial charge in [0, 0.05) is 18.6 Å². The molecule has 0 radical (unpaired) electrons. The van der Waals surface area contributed by atoms with Crippen LogP contribution in [0.15, 0.2) is 36.7 Å². The number of nitriles is 1. The summed E-state index contributed by atoms with van der Waals surface area (Å²) in [4.78, 5) is 4.13. The van der Waals surface area contributed by atoms with Gasteiger partial charge in [-0.15, -0.1) is 4.36 Å². The Morgan fingerprint density at radius 1 is 1.54 bits per heavy atom. The van der Waals surface area contributed by atoms with Gasteiger partial charge in [-0.3, -0.25) is 15.5 Å². The molecule has 13 heteroatoms. The number of hydrogen-bond acceptors (Lipinski definition) is 9. The highest BCUT2D eigenvalue weighted by Crippen LogP contribution is 2.23. The molecule has 0 fully saturated rings. The van der Waals surface area contributed by atoms with Crippen LogP contribution in [0.5, 0.6) is 0 Å². The van der Waals surface area contributed by atoms with E-state index in [-0.39, 0.29) is 28.4 Å². The van der Waals surface area contributed by atoms with Crippen LogP contribution in [0, 0.1) is 22.1 Å². The third-order valence-corrected chi connectivity index (χ3v) is 5.09. The van der Waals surface area contributed by atoms with Crippen molar-refractivity contribution in [3.63, 3.8) is 0 Å². The minimum atomic E-state index is -2.14. The molecule has 1 aromatic carbocycles. The third kappa shape index (κ3) is 5.22. The van der Waals surface area contributed by atoms with Crippen LogP contribution in [0.4, 0.5) is 15.9 Å². The second-order valence-corrected chi connectivity index (χ2v) is 8.52. The highest BCUT2D eigenvalue weighted by Gasteiger charge is 2.16. The van der Waals surface area contributed by atoms with Gasteiger partial charge in [0.05, 0.1) is 10.2 Å². The van der Waals surface area contributed by atoms with Gasteiger partial charge in [0.2, 0.25) is 12.0 Å². The Kier molecular flexibility index (Phi) is 6.61. The molecule has 0 saturated heterocycles. The molecule has 1 unspecified atom stereocenters. The Bertz CT molecular complexity index is 977. The monoisotopic (exact) mass is 444 g/mol. The van der Waals surface area contributed by atoms with Gasteiger partial charge in [-0.1, -0.05) is 0 Å². The van der Waals surface area contributed by atoms with Gasteiger partial charge >= 0.3 is 0 Å². The number of benzene rings is 1. The van der Waals surface area contributed by atoms with Crippen molar-refractivity contribution in [3.05, 3.63) is 34.2 Å². The maximum atomic E-state index is 13.3. The summed E-state index contributed by atoms with van der Waals surface area (Å²) >= 11 is 3.05. The fourth-order valence-electron chi connectivity index (χ4n) is 1.78. The fraction of sp³-hybridized carbons (Fsp3) is 0.231. The van der Waals surface area contributed by atoms with Crippen molar-refractivity contribution >= 4 is 42.9 Å². The molecular weight excluding hydrogens is 431 g/mol. The molecule has 0 bridgehead atoms. The lowest BCUT2D eigenvalue weighted by molar-refractivity contribution is 0.234. The van der Waals surface area contributed by atoms with E-state index in [0.717, 1.165) is 0 Å². The van der Waals surface area contributed by atoms with Crippen LogP contribution in [-0.2, 0) is 9.62 Å². The van der Waals surface area contributed by atoms with E-state index in [1.807, 2.05) is 5.48 Å². The normalized spacial score (nSPS) is 13.6. The highest BCUT2D eigenvalue weighted by molar-refractivity contribution is 9.10. The first kappa shape index (κ1) is 19.8. The van der Waals surface area contributed by atoms with Crippen molar-refractivity contribution in [2.45, 2.75) is 0 Å². The highest BCUT2D eigenvalue weighted by atomic mass is 79.9.